The molecule has 1 aliphatic heterocycles. The predicted octanol–water partition coefficient (Wildman–Crippen LogP) is 1.01. The van der Waals surface area contributed by atoms with Crippen molar-refractivity contribution < 1.29 is 18.0 Å². The highest BCUT2D eigenvalue weighted by Crippen LogP contribution is 2.29. The number of carbonyl (C=O) groups excluding carboxylic acids is 1. The maximum Gasteiger partial charge on any atom is 0.416 e. The summed E-state index contributed by atoms with van der Waals surface area (Å²) in [5.74, 6) is -0.183. The maximum absolute atomic E-state index is 12.4. The van der Waals surface area contributed by atoms with Gasteiger partial charge in [0.1, 0.15) is 0 Å². The zero-order chi connectivity index (χ0) is 14.8. The number of halogens is 3. The maximum atomic E-state index is 12.4. The van der Waals surface area contributed by atoms with Crippen molar-refractivity contribution in [2.75, 3.05) is 6.54 Å². The van der Waals surface area contributed by atoms with Gasteiger partial charge in [-0.3, -0.25) is 4.79 Å². The van der Waals surface area contributed by atoms with Gasteiger partial charge in [-0.25, -0.2) is 0 Å². The summed E-state index contributed by atoms with van der Waals surface area (Å²) in [5, 5.41) is 5.67. The zero-order valence-corrected chi connectivity index (χ0v) is 10.7. The van der Waals surface area contributed by atoms with Gasteiger partial charge in [-0.2, -0.15) is 13.2 Å². The van der Waals surface area contributed by atoms with E-state index in [4.69, 9.17) is 5.73 Å². The Hall–Kier alpha value is -1.60. The van der Waals surface area contributed by atoms with E-state index < -0.39 is 11.7 Å². The minimum absolute atomic E-state index is 0.0307. The number of nitrogens with two attached hydrogens (primary N) is 1. The lowest BCUT2D eigenvalue weighted by Gasteiger charge is -2.12. The highest BCUT2D eigenvalue weighted by molar-refractivity contribution is 5.82. The van der Waals surface area contributed by atoms with Gasteiger partial charge in [0, 0.05) is 19.1 Å². The smallest absolute Gasteiger partial charge is 0.351 e. The summed E-state index contributed by atoms with van der Waals surface area (Å²) < 4.78 is 37.2. The molecule has 0 radical (unpaired) electrons. The molecule has 0 aromatic heterocycles. The van der Waals surface area contributed by atoms with E-state index >= 15 is 0 Å². The van der Waals surface area contributed by atoms with Gasteiger partial charge in [0.25, 0.3) is 0 Å². The van der Waals surface area contributed by atoms with Gasteiger partial charge >= 0.3 is 6.18 Å². The fourth-order valence-electron chi connectivity index (χ4n) is 2.09. The van der Waals surface area contributed by atoms with Crippen molar-refractivity contribution in [3.8, 4) is 0 Å². The van der Waals surface area contributed by atoms with Crippen LogP contribution >= 0.6 is 0 Å². The van der Waals surface area contributed by atoms with Crippen LogP contribution in [0.3, 0.4) is 0 Å². The molecule has 0 saturated carbocycles. The third kappa shape index (κ3) is 3.71. The normalized spacial score (nSPS) is 22.8. The summed E-state index contributed by atoms with van der Waals surface area (Å²) in [6.45, 7) is 0.794. The van der Waals surface area contributed by atoms with Crippen LogP contribution in [0.2, 0.25) is 0 Å². The van der Waals surface area contributed by atoms with Gasteiger partial charge in [0.15, 0.2) is 0 Å². The Kier molecular flexibility index (Phi) is 4.29. The van der Waals surface area contributed by atoms with Crippen molar-refractivity contribution >= 4 is 5.91 Å². The van der Waals surface area contributed by atoms with E-state index in [-0.39, 0.29) is 24.5 Å². The number of hydrogen-bond acceptors (Lipinski definition) is 3. The quantitative estimate of drug-likeness (QED) is 0.777. The summed E-state index contributed by atoms with van der Waals surface area (Å²) in [5.41, 5.74) is 5.60. The largest absolute Gasteiger partial charge is 0.416 e. The molecule has 2 unspecified atom stereocenters. The molecule has 1 heterocycles. The Morgan fingerprint density at radius 3 is 2.50 bits per heavy atom. The van der Waals surface area contributed by atoms with E-state index in [1.54, 1.807) is 0 Å². The summed E-state index contributed by atoms with van der Waals surface area (Å²) in [7, 11) is 0. The average Bonchev–Trinajstić information content (AvgIpc) is 2.82. The molecular weight excluding hydrogens is 271 g/mol. The third-order valence-electron chi connectivity index (χ3n) is 3.23. The van der Waals surface area contributed by atoms with Crippen molar-refractivity contribution in [1.29, 1.82) is 0 Å². The molecule has 20 heavy (non-hydrogen) atoms. The standard InChI is InChI=1S/C13H16F3N3O/c14-13(15,16)9-3-1-8(2-4-9)6-19-12(20)11-5-10(17)7-18-11/h1-4,10-11,18H,5-7,17H2,(H,19,20). The first-order valence-corrected chi connectivity index (χ1v) is 6.29. The Bertz CT molecular complexity index is 473. The van der Waals surface area contributed by atoms with Crippen molar-refractivity contribution in [2.24, 2.45) is 5.73 Å². The molecular formula is C13H16F3N3O. The summed E-state index contributed by atoms with van der Waals surface area (Å²) in [6.07, 6.45) is -3.77. The van der Waals surface area contributed by atoms with Gasteiger partial charge in [0.2, 0.25) is 5.91 Å². The summed E-state index contributed by atoms with van der Waals surface area (Å²) >= 11 is 0. The molecule has 110 valence electrons. The molecule has 4 nitrogen and oxygen atoms in total. The third-order valence-corrected chi connectivity index (χ3v) is 3.23. The first-order valence-electron chi connectivity index (χ1n) is 6.29. The number of alkyl halides is 3. The van der Waals surface area contributed by atoms with Gasteiger partial charge in [-0.15, -0.1) is 0 Å². The fourth-order valence-corrected chi connectivity index (χ4v) is 2.09. The molecule has 0 aliphatic carbocycles. The second-order valence-electron chi connectivity index (χ2n) is 4.87. The molecule has 1 fully saturated rings. The molecule has 1 aromatic rings. The number of carbonyl (C=O) groups is 1. The Morgan fingerprint density at radius 1 is 1.35 bits per heavy atom. The van der Waals surface area contributed by atoms with E-state index in [0.717, 1.165) is 12.1 Å². The molecule has 2 rings (SSSR count). The highest BCUT2D eigenvalue weighted by Gasteiger charge is 2.30. The van der Waals surface area contributed by atoms with Crippen molar-refractivity contribution in [1.82, 2.24) is 10.6 Å². The number of rotatable bonds is 3. The molecule has 1 saturated heterocycles. The van der Waals surface area contributed by atoms with Gasteiger partial charge < -0.3 is 16.4 Å². The second kappa shape index (κ2) is 5.80. The molecule has 1 aliphatic rings. The van der Waals surface area contributed by atoms with E-state index in [1.807, 2.05) is 0 Å². The minimum Gasteiger partial charge on any atom is -0.351 e. The molecule has 7 heteroatoms. The highest BCUT2D eigenvalue weighted by atomic mass is 19.4. The van der Waals surface area contributed by atoms with Crippen LogP contribution in [0.15, 0.2) is 24.3 Å². The van der Waals surface area contributed by atoms with Gasteiger partial charge in [-0.05, 0) is 24.1 Å². The van der Waals surface area contributed by atoms with Gasteiger partial charge in [-0.1, -0.05) is 12.1 Å². The second-order valence-corrected chi connectivity index (χ2v) is 4.87. The van der Waals surface area contributed by atoms with E-state index in [1.165, 1.54) is 12.1 Å². The van der Waals surface area contributed by atoms with Crippen LogP contribution in [0.25, 0.3) is 0 Å². The molecule has 1 amide bonds. The van der Waals surface area contributed by atoms with Crippen LogP contribution in [0, 0.1) is 0 Å². The SMILES string of the molecule is NC1CNC(C(=O)NCc2ccc(C(F)(F)F)cc2)C1. The van der Waals surface area contributed by atoms with Crippen LogP contribution in [0.4, 0.5) is 13.2 Å². The minimum atomic E-state index is -4.34. The Balaban J connectivity index is 1.86. The van der Waals surface area contributed by atoms with E-state index in [2.05, 4.69) is 10.6 Å². The molecule has 2 atom stereocenters. The topological polar surface area (TPSA) is 67.1 Å². The van der Waals surface area contributed by atoms with Crippen LogP contribution in [0.1, 0.15) is 17.5 Å². The molecule has 0 spiro atoms. The first-order chi connectivity index (χ1) is 9.36. The first kappa shape index (κ1) is 14.8. The average molecular weight is 287 g/mol. The number of nitrogens with one attached hydrogen (secondary N) is 2. The van der Waals surface area contributed by atoms with Gasteiger partial charge in [0.05, 0.1) is 11.6 Å². The van der Waals surface area contributed by atoms with Crippen molar-refractivity contribution in [2.45, 2.75) is 31.2 Å². The number of benzene rings is 1. The lowest BCUT2D eigenvalue weighted by atomic mass is 10.1. The van der Waals surface area contributed by atoms with Crippen LogP contribution in [-0.2, 0) is 17.5 Å². The van der Waals surface area contributed by atoms with Crippen LogP contribution in [-0.4, -0.2) is 24.5 Å². The molecule has 0 bridgehead atoms. The lowest BCUT2D eigenvalue weighted by molar-refractivity contribution is -0.137. The number of amides is 1. The van der Waals surface area contributed by atoms with E-state index in [9.17, 15) is 18.0 Å². The van der Waals surface area contributed by atoms with Crippen LogP contribution < -0.4 is 16.4 Å². The number of hydrogen-bond donors (Lipinski definition) is 3. The summed E-state index contributed by atoms with van der Waals surface area (Å²) in [4.78, 5) is 11.8. The Labute approximate surface area is 114 Å². The molecule has 4 N–H and O–H groups in total. The fraction of sp³-hybridized carbons (Fsp3) is 0.462. The van der Waals surface area contributed by atoms with E-state index in [0.29, 0.717) is 18.5 Å². The Morgan fingerprint density at radius 2 is 2.00 bits per heavy atom. The zero-order valence-electron chi connectivity index (χ0n) is 10.7. The van der Waals surface area contributed by atoms with Crippen molar-refractivity contribution in [3.05, 3.63) is 35.4 Å². The lowest BCUT2D eigenvalue weighted by Crippen LogP contribution is -2.40. The predicted molar refractivity (Wildman–Crippen MR) is 67.7 cm³/mol. The molecule has 1 aromatic carbocycles. The van der Waals surface area contributed by atoms with Crippen LogP contribution in [0.5, 0.6) is 0 Å². The summed E-state index contributed by atoms with van der Waals surface area (Å²) in [6, 6.07) is 4.38. The monoisotopic (exact) mass is 287 g/mol. The van der Waals surface area contributed by atoms with Crippen molar-refractivity contribution in [3.63, 3.8) is 0 Å².